The Balaban J connectivity index is 1.98. The van der Waals surface area contributed by atoms with E-state index in [0.29, 0.717) is 30.8 Å². The van der Waals surface area contributed by atoms with Crippen molar-refractivity contribution in [2.75, 3.05) is 19.6 Å². The van der Waals surface area contributed by atoms with Crippen molar-refractivity contribution < 1.29 is 14.0 Å². The summed E-state index contributed by atoms with van der Waals surface area (Å²) in [5.41, 5.74) is 1.24. The van der Waals surface area contributed by atoms with Gasteiger partial charge in [-0.3, -0.25) is 9.59 Å². The van der Waals surface area contributed by atoms with E-state index in [4.69, 9.17) is 0 Å². The van der Waals surface area contributed by atoms with Crippen molar-refractivity contribution in [3.05, 3.63) is 47.8 Å². The molecule has 5 heteroatoms. The number of carbonyl (C=O) groups is 2. The molecule has 1 aromatic rings. The summed E-state index contributed by atoms with van der Waals surface area (Å²) in [6.45, 7) is 8.58. The van der Waals surface area contributed by atoms with Crippen LogP contribution in [-0.2, 0) is 16.0 Å². The molecule has 2 rings (SSSR count). The van der Waals surface area contributed by atoms with Gasteiger partial charge in [0.25, 0.3) is 0 Å². The van der Waals surface area contributed by atoms with Gasteiger partial charge in [-0.15, -0.1) is 0 Å². The van der Waals surface area contributed by atoms with E-state index < -0.39 is 0 Å². The lowest BCUT2D eigenvalue weighted by Gasteiger charge is -2.39. The summed E-state index contributed by atoms with van der Waals surface area (Å²) >= 11 is 0. The van der Waals surface area contributed by atoms with Crippen molar-refractivity contribution in [1.29, 1.82) is 0 Å². The number of rotatable bonds is 3. The average molecular weight is 304 g/mol. The molecule has 1 aliphatic rings. The molecule has 1 atom stereocenters. The fourth-order valence-corrected chi connectivity index (χ4v) is 2.66. The number of nitrogens with zero attached hydrogens (tertiary/aromatic N) is 2. The first kappa shape index (κ1) is 16.2. The first-order valence-corrected chi connectivity index (χ1v) is 7.38. The zero-order valence-electron chi connectivity index (χ0n) is 13.0. The van der Waals surface area contributed by atoms with Gasteiger partial charge in [-0.2, -0.15) is 0 Å². The van der Waals surface area contributed by atoms with Gasteiger partial charge in [0.05, 0.1) is 6.42 Å². The number of carbonyl (C=O) groups excluding carboxylic acids is 2. The maximum Gasteiger partial charge on any atom is 0.246 e. The van der Waals surface area contributed by atoms with E-state index in [0.717, 1.165) is 0 Å². The molecule has 0 bridgehead atoms. The van der Waals surface area contributed by atoms with Crippen LogP contribution < -0.4 is 0 Å². The van der Waals surface area contributed by atoms with Crippen molar-refractivity contribution >= 4 is 11.8 Å². The fraction of sp³-hybridized carbons (Fsp3) is 0.412. The van der Waals surface area contributed by atoms with Crippen LogP contribution in [0.5, 0.6) is 0 Å². The monoisotopic (exact) mass is 304 g/mol. The third-order valence-corrected chi connectivity index (χ3v) is 4.03. The quantitative estimate of drug-likeness (QED) is 0.801. The maximum absolute atomic E-state index is 13.5. The second-order valence-corrected chi connectivity index (χ2v) is 5.68. The van der Waals surface area contributed by atoms with Gasteiger partial charge in [0.15, 0.2) is 0 Å². The fourth-order valence-electron chi connectivity index (χ4n) is 2.66. The van der Waals surface area contributed by atoms with Gasteiger partial charge in [-0.25, -0.2) is 4.39 Å². The van der Waals surface area contributed by atoms with Crippen LogP contribution in [0, 0.1) is 12.7 Å². The number of hydrogen-bond acceptors (Lipinski definition) is 2. The van der Waals surface area contributed by atoms with Gasteiger partial charge < -0.3 is 9.80 Å². The largest absolute Gasteiger partial charge is 0.339 e. The third-order valence-electron chi connectivity index (χ3n) is 4.03. The van der Waals surface area contributed by atoms with Crippen LogP contribution >= 0.6 is 0 Å². The highest BCUT2D eigenvalue weighted by atomic mass is 19.1. The standard InChI is InChI=1S/C17H21FN2O2/c1-4-16(21)20-8-7-19(11-13(20)3)17(22)10-14-6-5-12(2)15(18)9-14/h4-6,9,13H,1,7-8,10-11H2,2-3H3/t13-/m1/s1. The van der Waals surface area contributed by atoms with Crippen molar-refractivity contribution in [3.63, 3.8) is 0 Å². The van der Waals surface area contributed by atoms with Crippen molar-refractivity contribution in [1.82, 2.24) is 9.80 Å². The summed E-state index contributed by atoms with van der Waals surface area (Å²) < 4.78 is 13.5. The predicted octanol–water partition coefficient (Wildman–Crippen LogP) is 1.92. The minimum absolute atomic E-state index is 0.0409. The molecule has 4 nitrogen and oxygen atoms in total. The molecule has 0 spiro atoms. The lowest BCUT2D eigenvalue weighted by Crippen LogP contribution is -2.55. The number of piperazine rings is 1. The molecule has 0 radical (unpaired) electrons. The summed E-state index contributed by atoms with van der Waals surface area (Å²) in [5, 5.41) is 0. The Kier molecular flexibility index (Phi) is 4.96. The van der Waals surface area contributed by atoms with Gasteiger partial charge in [-0.05, 0) is 37.1 Å². The van der Waals surface area contributed by atoms with Crippen LogP contribution in [0.15, 0.2) is 30.9 Å². The topological polar surface area (TPSA) is 40.6 Å². The maximum atomic E-state index is 13.5. The van der Waals surface area contributed by atoms with E-state index in [9.17, 15) is 14.0 Å². The van der Waals surface area contributed by atoms with E-state index in [-0.39, 0.29) is 30.1 Å². The zero-order chi connectivity index (χ0) is 16.3. The number of aryl methyl sites for hydroxylation is 1. The van der Waals surface area contributed by atoms with E-state index in [1.54, 1.807) is 28.9 Å². The SMILES string of the molecule is C=CC(=O)N1CCN(C(=O)Cc2ccc(C)c(F)c2)C[C@H]1C. The van der Waals surface area contributed by atoms with Crippen LogP contribution in [0.2, 0.25) is 0 Å². The highest BCUT2D eigenvalue weighted by Crippen LogP contribution is 2.14. The lowest BCUT2D eigenvalue weighted by atomic mass is 10.1. The summed E-state index contributed by atoms with van der Waals surface area (Å²) in [5.74, 6) is -0.443. The summed E-state index contributed by atoms with van der Waals surface area (Å²) in [7, 11) is 0. The molecule has 0 aromatic heterocycles. The molecule has 22 heavy (non-hydrogen) atoms. The van der Waals surface area contributed by atoms with Crippen LogP contribution in [0.3, 0.4) is 0 Å². The molecule has 1 aromatic carbocycles. The summed E-state index contributed by atoms with van der Waals surface area (Å²) in [6, 6.07) is 4.82. The number of benzene rings is 1. The minimum Gasteiger partial charge on any atom is -0.339 e. The molecule has 1 fully saturated rings. The predicted molar refractivity (Wildman–Crippen MR) is 82.8 cm³/mol. The van der Waals surface area contributed by atoms with E-state index >= 15 is 0 Å². The molecular formula is C17H21FN2O2. The zero-order valence-corrected chi connectivity index (χ0v) is 13.0. The smallest absolute Gasteiger partial charge is 0.246 e. The molecule has 2 amide bonds. The third kappa shape index (κ3) is 3.53. The van der Waals surface area contributed by atoms with E-state index in [1.807, 2.05) is 6.92 Å². The van der Waals surface area contributed by atoms with Crippen molar-refractivity contribution in [3.8, 4) is 0 Å². The van der Waals surface area contributed by atoms with Gasteiger partial charge in [0.2, 0.25) is 11.8 Å². The highest BCUT2D eigenvalue weighted by molar-refractivity contribution is 5.87. The van der Waals surface area contributed by atoms with Crippen LogP contribution in [0.25, 0.3) is 0 Å². The molecular weight excluding hydrogens is 283 g/mol. The Labute approximate surface area is 130 Å². The van der Waals surface area contributed by atoms with E-state index in [2.05, 4.69) is 6.58 Å². The van der Waals surface area contributed by atoms with Crippen molar-refractivity contribution in [2.24, 2.45) is 0 Å². The van der Waals surface area contributed by atoms with Gasteiger partial charge >= 0.3 is 0 Å². The first-order chi connectivity index (χ1) is 10.4. The molecule has 0 saturated carbocycles. The number of hydrogen-bond donors (Lipinski definition) is 0. The van der Waals surface area contributed by atoms with Crippen molar-refractivity contribution in [2.45, 2.75) is 26.3 Å². The van der Waals surface area contributed by atoms with Gasteiger partial charge in [0, 0.05) is 25.7 Å². The number of amides is 2. The second kappa shape index (κ2) is 6.73. The van der Waals surface area contributed by atoms with Crippen LogP contribution in [0.1, 0.15) is 18.1 Å². The lowest BCUT2D eigenvalue weighted by molar-refractivity contribution is -0.139. The summed E-state index contributed by atoms with van der Waals surface area (Å²) in [6.07, 6.45) is 1.47. The Morgan fingerprint density at radius 3 is 2.73 bits per heavy atom. The first-order valence-electron chi connectivity index (χ1n) is 7.38. The Hall–Kier alpha value is -2.17. The molecule has 118 valence electrons. The molecule has 1 aliphatic heterocycles. The Morgan fingerprint density at radius 1 is 1.41 bits per heavy atom. The summed E-state index contributed by atoms with van der Waals surface area (Å²) in [4.78, 5) is 27.5. The van der Waals surface area contributed by atoms with Gasteiger partial charge in [0.1, 0.15) is 5.82 Å². The Morgan fingerprint density at radius 2 is 2.14 bits per heavy atom. The van der Waals surface area contributed by atoms with Gasteiger partial charge in [-0.1, -0.05) is 18.7 Å². The molecule has 0 aliphatic carbocycles. The average Bonchev–Trinajstić information content (AvgIpc) is 2.50. The highest BCUT2D eigenvalue weighted by Gasteiger charge is 2.28. The van der Waals surface area contributed by atoms with Crippen LogP contribution in [-0.4, -0.2) is 47.3 Å². The second-order valence-electron chi connectivity index (χ2n) is 5.68. The van der Waals surface area contributed by atoms with E-state index in [1.165, 1.54) is 12.1 Å². The number of halogens is 1. The Bertz CT molecular complexity index is 600. The molecule has 1 heterocycles. The molecule has 0 unspecified atom stereocenters. The normalized spacial score (nSPS) is 18.2. The molecule has 0 N–H and O–H groups in total. The minimum atomic E-state index is -0.292. The van der Waals surface area contributed by atoms with Crippen LogP contribution in [0.4, 0.5) is 4.39 Å². The molecule has 1 saturated heterocycles.